The molecule has 2 aromatic carbocycles. The summed E-state index contributed by atoms with van der Waals surface area (Å²) >= 11 is 5.90. The van der Waals surface area contributed by atoms with Gasteiger partial charge >= 0.3 is 0 Å². The molecule has 0 spiro atoms. The van der Waals surface area contributed by atoms with E-state index in [-0.39, 0.29) is 11.1 Å². The van der Waals surface area contributed by atoms with Crippen LogP contribution in [0.5, 0.6) is 11.5 Å². The van der Waals surface area contributed by atoms with Gasteiger partial charge < -0.3 is 20.1 Å². The first kappa shape index (κ1) is 19.7. The zero-order chi connectivity index (χ0) is 20.2. The van der Waals surface area contributed by atoms with Gasteiger partial charge in [-0.05, 0) is 57.1 Å². The summed E-state index contributed by atoms with van der Waals surface area (Å²) in [5.74, 6) is 1.44. The van der Waals surface area contributed by atoms with Gasteiger partial charge in [-0.15, -0.1) is 0 Å². The van der Waals surface area contributed by atoms with Crippen LogP contribution in [0.25, 0.3) is 10.9 Å². The third-order valence-corrected chi connectivity index (χ3v) is 5.05. The molecule has 1 aromatic heterocycles. The van der Waals surface area contributed by atoms with Gasteiger partial charge in [-0.25, -0.2) is 14.4 Å². The van der Waals surface area contributed by atoms with Crippen LogP contribution in [0, 0.1) is 5.82 Å². The molecule has 29 heavy (non-hydrogen) atoms. The number of fused-ring (bicyclic) bond motifs is 1. The molecule has 0 atom stereocenters. The number of hydrogen-bond donors (Lipinski definition) is 2. The predicted molar refractivity (Wildman–Crippen MR) is 112 cm³/mol. The molecule has 0 aliphatic carbocycles. The van der Waals surface area contributed by atoms with Crippen molar-refractivity contribution in [3.8, 4) is 11.5 Å². The summed E-state index contributed by atoms with van der Waals surface area (Å²) in [6, 6.07) is 8.20. The third kappa shape index (κ3) is 4.52. The van der Waals surface area contributed by atoms with Crippen LogP contribution in [0.1, 0.15) is 19.8 Å². The van der Waals surface area contributed by atoms with Gasteiger partial charge in [0.2, 0.25) is 0 Å². The number of nitrogens with one attached hydrogen (secondary N) is 2. The largest absolute Gasteiger partial charge is 0.490 e. The van der Waals surface area contributed by atoms with Crippen LogP contribution in [0.2, 0.25) is 5.02 Å². The molecule has 0 saturated carbocycles. The lowest BCUT2D eigenvalue weighted by Crippen LogP contribution is -2.34. The smallest absolute Gasteiger partial charge is 0.163 e. The fourth-order valence-corrected chi connectivity index (χ4v) is 3.51. The van der Waals surface area contributed by atoms with Crippen LogP contribution in [0.4, 0.5) is 15.9 Å². The van der Waals surface area contributed by atoms with E-state index in [0.717, 1.165) is 36.8 Å². The first-order valence-corrected chi connectivity index (χ1v) is 10.0. The zero-order valence-corrected chi connectivity index (χ0v) is 16.8. The van der Waals surface area contributed by atoms with Gasteiger partial charge in [0.15, 0.2) is 11.5 Å². The molecular formula is C21H22ClFN4O2. The number of rotatable bonds is 6. The number of halogens is 2. The maximum atomic E-state index is 13.5. The van der Waals surface area contributed by atoms with Crippen molar-refractivity contribution in [3.63, 3.8) is 0 Å². The van der Waals surface area contributed by atoms with Crippen molar-refractivity contribution in [2.24, 2.45) is 0 Å². The minimum atomic E-state index is -0.469. The number of benzene rings is 2. The molecule has 2 N–H and O–H groups in total. The Bertz CT molecular complexity index is 1010. The third-order valence-electron chi connectivity index (χ3n) is 4.76. The van der Waals surface area contributed by atoms with Gasteiger partial charge in [0.1, 0.15) is 24.1 Å². The van der Waals surface area contributed by atoms with Crippen molar-refractivity contribution in [3.05, 3.63) is 47.5 Å². The molecule has 0 radical (unpaired) electrons. The molecule has 3 aromatic rings. The number of piperidine rings is 1. The monoisotopic (exact) mass is 416 g/mol. The first-order valence-electron chi connectivity index (χ1n) is 9.65. The van der Waals surface area contributed by atoms with E-state index in [1.165, 1.54) is 18.5 Å². The standard InChI is InChI=1S/C21H22ClFN4O2/c1-2-28-19-11-18-15(10-20(19)29-14-5-7-24-8-6-14)21(26-12-25-18)27-13-3-4-17(23)16(22)9-13/h3-4,9-12,14,24H,2,5-8H2,1H3,(H,25,26,27). The molecule has 1 saturated heterocycles. The van der Waals surface area contributed by atoms with Crippen LogP contribution in [0.15, 0.2) is 36.7 Å². The Balaban J connectivity index is 1.71. The van der Waals surface area contributed by atoms with E-state index in [1.807, 2.05) is 19.1 Å². The average molecular weight is 417 g/mol. The van der Waals surface area contributed by atoms with Gasteiger partial charge in [0.25, 0.3) is 0 Å². The molecular weight excluding hydrogens is 395 g/mol. The highest BCUT2D eigenvalue weighted by Crippen LogP contribution is 2.36. The zero-order valence-electron chi connectivity index (χ0n) is 16.0. The highest BCUT2D eigenvalue weighted by Gasteiger charge is 2.19. The fraction of sp³-hybridized carbons (Fsp3) is 0.333. The Morgan fingerprint density at radius 3 is 2.76 bits per heavy atom. The summed E-state index contributed by atoms with van der Waals surface area (Å²) in [7, 11) is 0. The van der Waals surface area contributed by atoms with Crippen LogP contribution in [-0.2, 0) is 0 Å². The summed E-state index contributed by atoms with van der Waals surface area (Å²) in [6.45, 7) is 4.33. The summed E-state index contributed by atoms with van der Waals surface area (Å²) in [4.78, 5) is 8.72. The molecule has 0 bridgehead atoms. The van der Waals surface area contributed by atoms with Crippen molar-refractivity contribution >= 4 is 34.0 Å². The van der Waals surface area contributed by atoms with E-state index in [2.05, 4.69) is 20.6 Å². The van der Waals surface area contributed by atoms with Crippen molar-refractivity contribution in [2.45, 2.75) is 25.9 Å². The molecule has 152 valence electrons. The van der Waals surface area contributed by atoms with E-state index in [1.54, 1.807) is 6.07 Å². The maximum Gasteiger partial charge on any atom is 0.163 e. The Labute approximate surface area is 173 Å². The Hall–Kier alpha value is -2.64. The minimum Gasteiger partial charge on any atom is -0.490 e. The summed E-state index contributed by atoms with van der Waals surface area (Å²) in [5.41, 5.74) is 1.35. The van der Waals surface area contributed by atoms with Crippen molar-refractivity contribution in [2.75, 3.05) is 25.0 Å². The number of nitrogens with zero attached hydrogens (tertiary/aromatic N) is 2. The van der Waals surface area contributed by atoms with E-state index >= 15 is 0 Å². The SMILES string of the molecule is CCOc1cc2ncnc(Nc3ccc(F)c(Cl)c3)c2cc1OC1CCNCC1. The average Bonchev–Trinajstić information content (AvgIpc) is 2.73. The molecule has 1 aliphatic heterocycles. The lowest BCUT2D eigenvalue weighted by Gasteiger charge is -2.25. The Kier molecular flexibility index (Phi) is 5.97. The molecule has 4 rings (SSSR count). The molecule has 1 fully saturated rings. The summed E-state index contributed by atoms with van der Waals surface area (Å²) < 4.78 is 25.5. The van der Waals surface area contributed by atoms with Crippen LogP contribution in [0.3, 0.4) is 0 Å². The minimum absolute atomic E-state index is 0.0434. The number of ether oxygens (including phenoxy) is 2. The van der Waals surface area contributed by atoms with E-state index in [0.29, 0.717) is 29.6 Å². The molecule has 2 heterocycles. The van der Waals surface area contributed by atoms with Crippen LogP contribution < -0.4 is 20.1 Å². The van der Waals surface area contributed by atoms with Gasteiger partial charge in [-0.1, -0.05) is 11.6 Å². The fourth-order valence-electron chi connectivity index (χ4n) is 3.33. The second kappa shape index (κ2) is 8.80. The van der Waals surface area contributed by atoms with Crippen molar-refractivity contribution in [1.82, 2.24) is 15.3 Å². The van der Waals surface area contributed by atoms with Gasteiger partial charge in [-0.3, -0.25) is 0 Å². The highest BCUT2D eigenvalue weighted by molar-refractivity contribution is 6.31. The van der Waals surface area contributed by atoms with E-state index in [9.17, 15) is 4.39 Å². The quantitative estimate of drug-likeness (QED) is 0.607. The van der Waals surface area contributed by atoms with E-state index in [4.69, 9.17) is 21.1 Å². The lowest BCUT2D eigenvalue weighted by molar-refractivity contribution is 0.155. The lowest BCUT2D eigenvalue weighted by atomic mass is 10.1. The van der Waals surface area contributed by atoms with Gasteiger partial charge in [-0.2, -0.15) is 0 Å². The van der Waals surface area contributed by atoms with E-state index < -0.39 is 5.82 Å². The Morgan fingerprint density at radius 1 is 1.17 bits per heavy atom. The summed E-state index contributed by atoms with van der Waals surface area (Å²) in [5, 5.41) is 7.35. The second-order valence-corrected chi connectivity index (χ2v) is 7.20. The van der Waals surface area contributed by atoms with Crippen molar-refractivity contribution < 1.29 is 13.9 Å². The number of hydrogen-bond acceptors (Lipinski definition) is 6. The predicted octanol–water partition coefficient (Wildman–Crippen LogP) is 4.70. The molecule has 8 heteroatoms. The summed E-state index contributed by atoms with van der Waals surface area (Å²) in [6.07, 6.45) is 3.48. The van der Waals surface area contributed by atoms with Crippen molar-refractivity contribution in [1.29, 1.82) is 0 Å². The topological polar surface area (TPSA) is 68.3 Å². The number of anilines is 2. The maximum absolute atomic E-state index is 13.5. The molecule has 6 nitrogen and oxygen atoms in total. The number of aromatic nitrogens is 2. The van der Waals surface area contributed by atoms with Crippen LogP contribution >= 0.6 is 11.6 Å². The molecule has 0 amide bonds. The van der Waals surface area contributed by atoms with Gasteiger partial charge in [0.05, 0.1) is 17.1 Å². The highest BCUT2D eigenvalue weighted by atomic mass is 35.5. The van der Waals surface area contributed by atoms with Crippen LogP contribution in [-0.4, -0.2) is 35.8 Å². The Morgan fingerprint density at radius 2 is 2.00 bits per heavy atom. The molecule has 0 unspecified atom stereocenters. The van der Waals surface area contributed by atoms with Gasteiger partial charge in [0, 0.05) is 17.1 Å². The first-order chi connectivity index (χ1) is 14.1. The molecule has 1 aliphatic rings. The normalized spacial score (nSPS) is 14.7. The second-order valence-electron chi connectivity index (χ2n) is 6.79.